The predicted molar refractivity (Wildman–Crippen MR) is 78.6 cm³/mol. The third-order valence-corrected chi connectivity index (χ3v) is 4.45. The topological polar surface area (TPSA) is 83.5 Å². The first-order valence-electron chi connectivity index (χ1n) is 6.28. The van der Waals surface area contributed by atoms with E-state index in [1.165, 1.54) is 18.2 Å². The van der Waals surface area contributed by atoms with E-state index in [2.05, 4.69) is 4.72 Å². The van der Waals surface area contributed by atoms with Crippen LogP contribution in [0.15, 0.2) is 53.4 Å². The minimum absolute atomic E-state index is 0.0564. The van der Waals surface area contributed by atoms with E-state index in [9.17, 15) is 13.2 Å². The van der Waals surface area contributed by atoms with Gasteiger partial charge in [0.2, 0.25) is 10.0 Å². The predicted octanol–water partition coefficient (Wildman–Crippen LogP) is 2.17. The molecule has 0 heterocycles. The van der Waals surface area contributed by atoms with Crippen LogP contribution in [0, 0.1) is 6.92 Å². The van der Waals surface area contributed by atoms with Crippen LogP contribution in [-0.4, -0.2) is 19.5 Å². The van der Waals surface area contributed by atoms with Crippen molar-refractivity contribution >= 4 is 16.0 Å². The quantitative estimate of drug-likeness (QED) is 0.887. The summed E-state index contributed by atoms with van der Waals surface area (Å²) in [6.45, 7) is 1.75. The summed E-state index contributed by atoms with van der Waals surface area (Å²) < 4.78 is 26.9. The van der Waals surface area contributed by atoms with E-state index in [0.29, 0.717) is 5.56 Å². The van der Waals surface area contributed by atoms with Gasteiger partial charge >= 0.3 is 5.97 Å². The number of carboxylic acid groups (broad SMARTS) is 1. The average Bonchev–Trinajstić information content (AvgIpc) is 2.46. The lowest BCUT2D eigenvalue weighted by Crippen LogP contribution is -2.23. The average molecular weight is 305 g/mol. The Bertz CT molecular complexity index is 754. The summed E-state index contributed by atoms with van der Waals surface area (Å²) in [5.41, 5.74) is 1.35. The van der Waals surface area contributed by atoms with Crippen LogP contribution in [0.2, 0.25) is 0 Å². The summed E-state index contributed by atoms with van der Waals surface area (Å²) in [5.74, 6) is -1.08. The van der Waals surface area contributed by atoms with Crippen LogP contribution >= 0.6 is 0 Å². The zero-order chi connectivity index (χ0) is 15.5. The number of sulfonamides is 1. The van der Waals surface area contributed by atoms with Gasteiger partial charge in [-0.05, 0) is 36.2 Å². The van der Waals surface area contributed by atoms with Gasteiger partial charge in [-0.25, -0.2) is 17.9 Å². The molecule has 0 radical (unpaired) electrons. The molecule has 0 fully saturated rings. The zero-order valence-electron chi connectivity index (χ0n) is 11.4. The number of aromatic carboxylic acids is 1. The molecule has 110 valence electrons. The second kappa shape index (κ2) is 6.07. The third kappa shape index (κ3) is 3.68. The van der Waals surface area contributed by atoms with Gasteiger partial charge in [0.1, 0.15) is 0 Å². The molecule has 0 bridgehead atoms. The number of rotatable bonds is 5. The zero-order valence-corrected chi connectivity index (χ0v) is 12.2. The maximum atomic E-state index is 12.2. The van der Waals surface area contributed by atoms with Crippen molar-refractivity contribution in [1.29, 1.82) is 0 Å². The van der Waals surface area contributed by atoms with Crippen molar-refractivity contribution in [3.8, 4) is 0 Å². The minimum Gasteiger partial charge on any atom is -0.478 e. The van der Waals surface area contributed by atoms with E-state index >= 15 is 0 Å². The number of benzene rings is 2. The monoisotopic (exact) mass is 305 g/mol. The molecule has 2 rings (SSSR count). The van der Waals surface area contributed by atoms with Crippen molar-refractivity contribution < 1.29 is 18.3 Å². The second-order valence-electron chi connectivity index (χ2n) is 4.59. The Labute approximate surface area is 123 Å². The number of hydrogen-bond acceptors (Lipinski definition) is 3. The maximum absolute atomic E-state index is 12.2. The Balaban J connectivity index is 2.20. The molecule has 0 saturated heterocycles. The number of carboxylic acids is 1. The molecular formula is C15H15NO4S. The molecule has 0 aliphatic heterocycles. The van der Waals surface area contributed by atoms with Crippen LogP contribution in [0.1, 0.15) is 21.5 Å². The Morgan fingerprint density at radius 1 is 1.14 bits per heavy atom. The summed E-state index contributed by atoms with van der Waals surface area (Å²) in [6, 6.07) is 13.1. The fourth-order valence-electron chi connectivity index (χ4n) is 1.90. The first-order chi connectivity index (χ1) is 9.90. The van der Waals surface area contributed by atoms with Crippen LogP contribution in [0.5, 0.6) is 0 Å². The van der Waals surface area contributed by atoms with Crippen molar-refractivity contribution in [3.63, 3.8) is 0 Å². The third-order valence-electron chi connectivity index (χ3n) is 3.05. The Morgan fingerprint density at radius 3 is 2.38 bits per heavy atom. The Morgan fingerprint density at radius 2 is 1.81 bits per heavy atom. The molecule has 6 heteroatoms. The summed E-state index contributed by atoms with van der Waals surface area (Å²) in [6.07, 6.45) is 0. The minimum atomic E-state index is -3.67. The molecule has 0 atom stereocenters. The summed E-state index contributed by atoms with van der Waals surface area (Å²) in [4.78, 5) is 11.0. The summed E-state index contributed by atoms with van der Waals surface area (Å²) in [5, 5.41) is 8.95. The Hall–Kier alpha value is -2.18. The lowest BCUT2D eigenvalue weighted by atomic mass is 10.1. The highest BCUT2D eigenvalue weighted by molar-refractivity contribution is 7.89. The highest BCUT2D eigenvalue weighted by Crippen LogP contribution is 2.16. The largest absolute Gasteiger partial charge is 0.478 e. The van der Waals surface area contributed by atoms with Crippen molar-refractivity contribution in [2.75, 3.05) is 0 Å². The number of hydrogen-bond donors (Lipinski definition) is 2. The van der Waals surface area contributed by atoms with Crippen LogP contribution in [0.25, 0.3) is 0 Å². The first-order valence-corrected chi connectivity index (χ1v) is 7.76. The fourth-order valence-corrected chi connectivity index (χ4v) is 3.00. The van der Waals surface area contributed by atoms with E-state index in [-0.39, 0.29) is 17.0 Å². The van der Waals surface area contributed by atoms with Crippen LogP contribution in [0.3, 0.4) is 0 Å². The van der Waals surface area contributed by atoms with Crippen molar-refractivity contribution in [3.05, 3.63) is 65.2 Å². The molecule has 0 aliphatic carbocycles. The molecule has 2 aromatic rings. The van der Waals surface area contributed by atoms with Gasteiger partial charge in [0.15, 0.2) is 0 Å². The molecule has 2 N–H and O–H groups in total. The molecule has 2 aromatic carbocycles. The van der Waals surface area contributed by atoms with Crippen LogP contribution in [0.4, 0.5) is 0 Å². The molecule has 0 unspecified atom stereocenters. The van der Waals surface area contributed by atoms with Gasteiger partial charge in [0.25, 0.3) is 0 Å². The van der Waals surface area contributed by atoms with Gasteiger partial charge in [0.05, 0.1) is 10.5 Å². The van der Waals surface area contributed by atoms with Gasteiger partial charge in [-0.2, -0.15) is 0 Å². The molecule has 21 heavy (non-hydrogen) atoms. The molecule has 5 nitrogen and oxygen atoms in total. The van der Waals surface area contributed by atoms with Gasteiger partial charge < -0.3 is 5.11 Å². The van der Waals surface area contributed by atoms with E-state index in [1.54, 1.807) is 6.92 Å². The molecule has 0 spiro atoms. The van der Waals surface area contributed by atoms with E-state index in [1.807, 2.05) is 30.3 Å². The van der Waals surface area contributed by atoms with Crippen molar-refractivity contribution in [2.45, 2.75) is 18.4 Å². The normalized spacial score (nSPS) is 11.3. The van der Waals surface area contributed by atoms with Crippen molar-refractivity contribution in [1.82, 2.24) is 4.72 Å². The smallest absolute Gasteiger partial charge is 0.335 e. The van der Waals surface area contributed by atoms with Gasteiger partial charge in [-0.3, -0.25) is 0 Å². The van der Waals surface area contributed by atoms with Gasteiger partial charge in [-0.1, -0.05) is 30.3 Å². The van der Waals surface area contributed by atoms with E-state index < -0.39 is 16.0 Å². The van der Waals surface area contributed by atoms with Crippen molar-refractivity contribution in [2.24, 2.45) is 0 Å². The Kier molecular flexibility index (Phi) is 4.40. The molecule has 0 saturated carbocycles. The lowest BCUT2D eigenvalue weighted by molar-refractivity contribution is 0.0696. The number of aryl methyl sites for hydroxylation is 1. The second-order valence-corrected chi connectivity index (χ2v) is 6.36. The number of nitrogens with one attached hydrogen (secondary N) is 1. The number of carbonyl (C=O) groups is 1. The fraction of sp³-hybridized carbons (Fsp3) is 0.133. The summed E-state index contributed by atoms with van der Waals surface area (Å²) >= 11 is 0. The maximum Gasteiger partial charge on any atom is 0.335 e. The highest BCUT2D eigenvalue weighted by atomic mass is 32.2. The standard InChI is InChI=1S/C15H15NO4S/c1-11-9-13(7-8-14(11)15(17)18)21(19,20)16-10-12-5-3-2-4-6-12/h2-9,16H,10H2,1H3,(H,17,18). The van der Waals surface area contributed by atoms with Crippen LogP contribution in [-0.2, 0) is 16.6 Å². The summed E-state index contributed by atoms with van der Waals surface area (Å²) in [7, 11) is -3.67. The first kappa shape index (κ1) is 15.2. The molecule has 0 aromatic heterocycles. The van der Waals surface area contributed by atoms with E-state index in [0.717, 1.165) is 5.56 Å². The lowest BCUT2D eigenvalue weighted by Gasteiger charge is -2.09. The molecule has 0 aliphatic rings. The van der Waals surface area contributed by atoms with Crippen LogP contribution < -0.4 is 4.72 Å². The highest BCUT2D eigenvalue weighted by Gasteiger charge is 2.16. The molecular weight excluding hydrogens is 290 g/mol. The van der Waals surface area contributed by atoms with E-state index in [4.69, 9.17) is 5.11 Å². The molecule has 0 amide bonds. The van der Waals surface area contributed by atoms with Gasteiger partial charge in [0, 0.05) is 6.54 Å². The SMILES string of the molecule is Cc1cc(S(=O)(=O)NCc2ccccc2)ccc1C(=O)O. The van der Waals surface area contributed by atoms with Gasteiger partial charge in [-0.15, -0.1) is 0 Å².